The molecule has 0 aliphatic rings. The maximum absolute atomic E-state index is 11.1. The number of rotatable bonds is 6. The summed E-state index contributed by atoms with van der Waals surface area (Å²) in [6, 6.07) is 2.59. The lowest BCUT2D eigenvalue weighted by molar-refractivity contribution is -0.256. The van der Waals surface area contributed by atoms with Crippen LogP contribution in [0.4, 0.5) is 0 Å². The van der Waals surface area contributed by atoms with Crippen LogP contribution >= 0.6 is 0 Å². The number of carboxylic acids is 2. The molecule has 0 amide bonds. The van der Waals surface area contributed by atoms with Crippen molar-refractivity contribution in [1.29, 1.82) is 0 Å². The third-order valence-electron chi connectivity index (χ3n) is 2.87. The van der Waals surface area contributed by atoms with E-state index in [9.17, 15) is 19.8 Å². The van der Waals surface area contributed by atoms with Gasteiger partial charge in [-0.2, -0.15) is 0 Å². The van der Waals surface area contributed by atoms with Crippen molar-refractivity contribution in [1.82, 2.24) is 0 Å². The van der Waals surface area contributed by atoms with Crippen LogP contribution in [0.25, 0.3) is 0 Å². The lowest BCUT2D eigenvalue weighted by Crippen LogP contribution is -2.28. The van der Waals surface area contributed by atoms with Gasteiger partial charge in [0.2, 0.25) is 0 Å². The topological polar surface area (TPSA) is 80.3 Å². The third-order valence-corrected chi connectivity index (χ3v) is 2.87. The number of carbonyl (C=O) groups excluding carboxylic acids is 2. The van der Waals surface area contributed by atoms with Crippen molar-refractivity contribution in [2.75, 3.05) is 0 Å². The molecule has 0 bridgehead atoms. The Kier molecular flexibility index (Phi) is 4.89. The standard InChI is InChI=1S/C14H18O4/c1-3-5-9-10(6-4-2)12(14(17)18)8-7-11(9)13(15)16/h7-8H,3-6H2,1-2H3,(H,15,16)(H,17,18)/p-2. The molecule has 0 heterocycles. The van der Waals surface area contributed by atoms with E-state index in [4.69, 9.17) is 0 Å². The van der Waals surface area contributed by atoms with Gasteiger partial charge in [-0.1, -0.05) is 38.8 Å². The Morgan fingerprint density at radius 1 is 0.889 bits per heavy atom. The van der Waals surface area contributed by atoms with Gasteiger partial charge in [-0.05, 0) is 24.0 Å². The largest absolute Gasteiger partial charge is 0.545 e. The fraction of sp³-hybridized carbons (Fsp3) is 0.429. The van der Waals surface area contributed by atoms with E-state index in [-0.39, 0.29) is 11.1 Å². The second-order valence-electron chi connectivity index (χ2n) is 4.19. The third kappa shape index (κ3) is 2.88. The summed E-state index contributed by atoms with van der Waals surface area (Å²) in [5, 5.41) is 22.1. The van der Waals surface area contributed by atoms with Gasteiger partial charge < -0.3 is 19.8 Å². The Labute approximate surface area is 106 Å². The van der Waals surface area contributed by atoms with Crippen molar-refractivity contribution in [2.24, 2.45) is 0 Å². The van der Waals surface area contributed by atoms with Gasteiger partial charge in [0.25, 0.3) is 0 Å². The SMILES string of the molecule is CCCc1c(C(=O)[O-])ccc(C(=O)[O-])c1CCC. The van der Waals surface area contributed by atoms with Crippen molar-refractivity contribution in [2.45, 2.75) is 39.5 Å². The van der Waals surface area contributed by atoms with Crippen molar-refractivity contribution in [3.63, 3.8) is 0 Å². The summed E-state index contributed by atoms with van der Waals surface area (Å²) in [5.74, 6) is -2.53. The second kappa shape index (κ2) is 6.19. The fourth-order valence-corrected chi connectivity index (χ4v) is 2.15. The van der Waals surface area contributed by atoms with Gasteiger partial charge in [0, 0.05) is 11.1 Å². The highest BCUT2D eigenvalue weighted by atomic mass is 16.4. The molecule has 0 radical (unpaired) electrons. The van der Waals surface area contributed by atoms with Gasteiger partial charge in [-0.3, -0.25) is 0 Å². The molecule has 1 rings (SSSR count). The van der Waals surface area contributed by atoms with Crippen LogP contribution < -0.4 is 10.2 Å². The quantitative estimate of drug-likeness (QED) is 0.726. The number of hydrogen-bond donors (Lipinski definition) is 0. The molecule has 0 saturated carbocycles. The Morgan fingerprint density at radius 3 is 1.44 bits per heavy atom. The maximum atomic E-state index is 11.1. The van der Waals surface area contributed by atoms with Crippen LogP contribution in [0.3, 0.4) is 0 Å². The van der Waals surface area contributed by atoms with E-state index in [1.165, 1.54) is 12.1 Å². The van der Waals surface area contributed by atoms with Crippen LogP contribution in [0.5, 0.6) is 0 Å². The summed E-state index contributed by atoms with van der Waals surface area (Å²) in [5.41, 5.74) is 1.32. The number of hydrogen-bond acceptors (Lipinski definition) is 4. The van der Waals surface area contributed by atoms with Gasteiger partial charge >= 0.3 is 0 Å². The van der Waals surface area contributed by atoms with Crippen LogP contribution in [0, 0.1) is 0 Å². The highest BCUT2D eigenvalue weighted by Crippen LogP contribution is 2.22. The molecule has 0 atom stereocenters. The molecule has 0 saturated heterocycles. The van der Waals surface area contributed by atoms with Crippen molar-refractivity contribution < 1.29 is 19.8 Å². The zero-order valence-electron chi connectivity index (χ0n) is 10.6. The first-order chi connectivity index (χ1) is 8.52. The van der Waals surface area contributed by atoms with Gasteiger partial charge in [-0.25, -0.2) is 0 Å². The van der Waals surface area contributed by atoms with Crippen molar-refractivity contribution >= 4 is 11.9 Å². The Hall–Kier alpha value is -1.84. The molecule has 4 heteroatoms. The Balaban J connectivity index is 3.48. The molecular formula is C14H16O4-2. The average molecular weight is 248 g/mol. The lowest BCUT2D eigenvalue weighted by atomic mass is 9.90. The van der Waals surface area contributed by atoms with Gasteiger partial charge in [0.15, 0.2) is 0 Å². The van der Waals surface area contributed by atoms with Gasteiger partial charge in [0.05, 0.1) is 11.9 Å². The Morgan fingerprint density at radius 2 is 1.22 bits per heavy atom. The van der Waals surface area contributed by atoms with Gasteiger partial charge in [0.1, 0.15) is 0 Å². The van der Waals surface area contributed by atoms with Crippen molar-refractivity contribution in [3.8, 4) is 0 Å². The van der Waals surface area contributed by atoms with E-state index in [2.05, 4.69) is 0 Å². The van der Waals surface area contributed by atoms with E-state index < -0.39 is 11.9 Å². The smallest absolute Gasteiger partial charge is 0.0718 e. The zero-order valence-corrected chi connectivity index (χ0v) is 10.6. The molecule has 0 spiro atoms. The molecule has 0 fully saturated rings. The molecule has 98 valence electrons. The van der Waals surface area contributed by atoms with Crippen molar-refractivity contribution in [3.05, 3.63) is 34.4 Å². The first kappa shape index (κ1) is 14.2. The van der Waals surface area contributed by atoms with E-state index >= 15 is 0 Å². The molecule has 0 aliphatic carbocycles. The van der Waals surface area contributed by atoms with Crippen LogP contribution in [0.2, 0.25) is 0 Å². The fourth-order valence-electron chi connectivity index (χ4n) is 2.15. The summed E-state index contributed by atoms with van der Waals surface area (Å²) in [7, 11) is 0. The number of carbonyl (C=O) groups is 2. The predicted molar refractivity (Wildman–Crippen MR) is 63.1 cm³/mol. The van der Waals surface area contributed by atoms with E-state index in [0.29, 0.717) is 24.0 Å². The summed E-state index contributed by atoms with van der Waals surface area (Å²) >= 11 is 0. The van der Waals surface area contributed by atoms with Crippen LogP contribution in [0.1, 0.15) is 58.5 Å². The zero-order chi connectivity index (χ0) is 13.7. The molecule has 1 aromatic carbocycles. The summed E-state index contributed by atoms with van der Waals surface area (Å²) in [6.07, 6.45) is 2.54. The van der Waals surface area contributed by atoms with E-state index in [1.54, 1.807) is 0 Å². The van der Waals surface area contributed by atoms with E-state index in [0.717, 1.165) is 12.8 Å². The first-order valence-corrected chi connectivity index (χ1v) is 6.10. The molecule has 0 unspecified atom stereocenters. The molecule has 0 aromatic heterocycles. The lowest BCUT2D eigenvalue weighted by Gasteiger charge is -2.19. The van der Waals surface area contributed by atoms with E-state index in [1.807, 2.05) is 13.8 Å². The summed E-state index contributed by atoms with van der Waals surface area (Å²) < 4.78 is 0. The second-order valence-corrected chi connectivity index (χ2v) is 4.19. The highest BCUT2D eigenvalue weighted by Gasteiger charge is 2.13. The minimum atomic E-state index is -1.26. The maximum Gasteiger partial charge on any atom is 0.0718 e. The molecular weight excluding hydrogens is 232 g/mol. The summed E-state index contributed by atoms with van der Waals surface area (Å²) in [6.45, 7) is 3.83. The number of carboxylic acid groups (broad SMARTS) is 2. The highest BCUT2D eigenvalue weighted by molar-refractivity contribution is 5.93. The normalized spacial score (nSPS) is 10.3. The average Bonchev–Trinajstić information content (AvgIpc) is 2.30. The number of benzene rings is 1. The minimum Gasteiger partial charge on any atom is -0.545 e. The predicted octanol–water partition coefficient (Wildman–Crippen LogP) is 0.319. The van der Waals surface area contributed by atoms with Crippen LogP contribution in [0.15, 0.2) is 12.1 Å². The number of aromatic carboxylic acids is 2. The molecule has 0 aliphatic heterocycles. The van der Waals surface area contributed by atoms with Crippen LogP contribution in [-0.2, 0) is 12.8 Å². The molecule has 18 heavy (non-hydrogen) atoms. The summed E-state index contributed by atoms with van der Waals surface area (Å²) in [4.78, 5) is 22.1. The van der Waals surface area contributed by atoms with Gasteiger partial charge in [-0.15, -0.1) is 0 Å². The first-order valence-electron chi connectivity index (χ1n) is 6.10. The minimum absolute atomic E-state index is 0.0882. The molecule has 4 nitrogen and oxygen atoms in total. The monoisotopic (exact) mass is 248 g/mol. The Bertz CT molecular complexity index is 420. The van der Waals surface area contributed by atoms with Crippen LogP contribution in [-0.4, -0.2) is 11.9 Å². The molecule has 1 aromatic rings. The molecule has 0 N–H and O–H groups in total.